The average Bonchev–Trinajstić information content (AvgIpc) is 2.93. The number of amides is 1. The van der Waals surface area contributed by atoms with Gasteiger partial charge in [-0.25, -0.2) is 0 Å². The van der Waals surface area contributed by atoms with E-state index in [4.69, 9.17) is 4.74 Å². The van der Waals surface area contributed by atoms with E-state index in [0.717, 1.165) is 17.1 Å². The molecule has 1 aliphatic rings. The molecule has 0 unspecified atom stereocenters. The Hall–Kier alpha value is -2.81. The molecule has 3 rings (SSSR count). The van der Waals surface area contributed by atoms with Crippen molar-refractivity contribution < 1.29 is 27.8 Å². The maximum absolute atomic E-state index is 13.0. The molecule has 0 radical (unpaired) electrons. The first-order valence-corrected chi connectivity index (χ1v) is 9.35. The van der Waals surface area contributed by atoms with Crippen LogP contribution in [0.3, 0.4) is 0 Å². The van der Waals surface area contributed by atoms with Gasteiger partial charge in [-0.15, -0.1) is 0 Å². The van der Waals surface area contributed by atoms with Gasteiger partial charge in [0.2, 0.25) is 0 Å². The molecule has 0 saturated carbocycles. The minimum absolute atomic E-state index is 0.0207. The largest absolute Gasteiger partial charge is 0.504 e. The summed E-state index contributed by atoms with van der Waals surface area (Å²) < 4.78 is 44.8. The number of carbonyl (C=O) groups excluding carboxylic acids is 1. The summed E-state index contributed by atoms with van der Waals surface area (Å²) in [6.07, 6.45) is -2.98. The van der Waals surface area contributed by atoms with Gasteiger partial charge in [-0.1, -0.05) is 22.0 Å². The van der Waals surface area contributed by atoms with Crippen LogP contribution in [-0.2, 0) is 11.0 Å². The van der Waals surface area contributed by atoms with Crippen molar-refractivity contribution in [1.29, 1.82) is 0 Å². The smallest absolute Gasteiger partial charge is 0.416 e. The molecule has 0 bridgehead atoms. The van der Waals surface area contributed by atoms with Gasteiger partial charge in [-0.2, -0.15) is 23.3 Å². The van der Waals surface area contributed by atoms with Crippen LogP contribution in [0.5, 0.6) is 11.5 Å². The van der Waals surface area contributed by atoms with Gasteiger partial charge in [-0.05, 0) is 55.8 Å². The van der Waals surface area contributed by atoms with Crippen LogP contribution < -0.4 is 9.75 Å². The van der Waals surface area contributed by atoms with E-state index in [2.05, 4.69) is 21.0 Å². The highest BCUT2D eigenvalue weighted by Gasteiger charge is 2.33. The van der Waals surface area contributed by atoms with Crippen LogP contribution in [0.2, 0.25) is 0 Å². The summed E-state index contributed by atoms with van der Waals surface area (Å²) in [4.78, 5) is 12.8. The van der Waals surface area contributed by atoms with Gasteiger partial charge >= 0.3 is 6.18 Å². The van der Waals surface area contributed by atoms with Crippen molar-refractivity contribution in [3.05, 3.63) is 57.6 Å². The second kappa shape index (κ2) is 7.90. The number of phenols is 1. The molecule has 29 heavy (non-hydrogen) atoms. The third-order valence-corrected chi connectivity index (χ3v) is 4.85. The normalized spacial score (nSPS) is 15.8. The van der Waals surface area contributed by atoms with E-state index in [1.807, 2.05) is 0 Å². The van der Waals surface area contributed by atoms with E-state index >= 15 is 0 Å². The number of carbonyl (C=O) groups is 1. The third-order valence-electron chi connectivity index (χ3n) is 4.16. The van der Waals surface area contributed by atoms with E-state index in [0.29, 0.717) is 22.4 Å². The van der Waals surface area contributed by atoms with E-state index in [1.165, 1.54) is 18.2 Å². The van der Waals surface area contributed by atoms with E-state index in [1.54, 1.807) is 26.0 Å². The molecule has 0 aliphatic carbocycles. The maximum atomic E-state index is 13.0. The quantitative estimate of drug-likeness (QED) is 0.612. The molecule has 9 heteroatoms. The topological polar surface area (TPSA) is 62.1 Å². The fourth-order valence-electron chi connectivity index (χ4n) is 2.77. The number of rotatable bonds is 4. The monoisotopic (exact) mass is 468 g/mol. The van der Waals surface area contributed by atoms with Crippen LogP contribution in [-0.4, -0.2) is 23.3 Å². The lowest BCUT2D eigenvalue weighted by Crippen LogP contribution is -2.21. The molecule has 1 heterocycles. The number of aromatic hydroxyl groups is 1. The predicted octanol–water partition coefficient (Wildman–Crippen LogP) is 5.38. The van der Waals surface area contributed by atoms with Gasteiger partial charge in [0.25, 0.3) is 5.91 Å². The van der Waals surface area contributed by atoms with Crippen LogP contribution in [0.25, 0.3) is 6.08 Å². The van der Waals surface area contributed by atoms with Crippen LogP contribution in [0.1, 0.15) is 25.0 Å². The van der Waals surface area contributed by atoms with Gasteiger partial charge in [0.05, 0.1) is 29.1 Å². The Kier molecular flexibility index (Phi) is 5.70. The number of anilines is 1. The number of alkyl halides is 3. The van der Waals surface area contributed by atoms with Gasteiger partial charge < -0.3 is 9.84 Å². The average molecular weight is 469 g/mol. The van der Waals surface area contributed by atoms with E-state index < -0.39 is 17.6 Å². The zero-order valence-corrected chi connectivity index (χ0v) is 17.0. The Labute approximate surface area is 173 Å². The number of hydrazone groups is 1. The van der Waals surface area contributed by atoms with Crippen molar-refractivity contribution in [2.24, 2.45) is 5.10 Å². The van der Waals surface area contributed by atoms with Crippen molar-refractivity contribution in [3.63, 3.8) is 0 Å². The summed E-state index contributed by atoms with van der Waals surface area (Å²) in [7, 11) is 0. The molecular weight excluding hydrogens is 453 g/mol. The Morgan fingerprint density at radius 3 is 2.66 bits per heavy atom. The highest BCUT2D eigenvalue weighted by atomic mass is 79.9. The summed E-state index contributed by atoms with van der Waals surface area (Å²) in [5, 5.41) is 15.0. The molecular formula is C20H16BrF3N2O3. The summed E-state index contributed by atoms with van der Waals surface area (Å²) in [5.74, 6) is -0.369. The summed E-state index contributed by atoms with van der Waals surface area (Å²) in [6, 6.07) is 7.41. The second-order valence-electron chi connectivity index (χ2n) is 6.18. The molecule has 1 N–H and O–H groups in total. The molecule has 0 aromatic heterocycles. The minimum Gasteiger partial charge on any atom is -0.504 e. The fraction of sp³-hybridized carbons (Fsp3) is 0.200. The first-order chi connectivity index (χ1) is 13.6. The Bertz CT molecular complexity index is 1030. The molecule has 0 fully saturated rings. The Morgan fingerprint density at radius 1 is 1.28 bits per heavy atom. The number of halogens is 4. The van der Waals surface area contributed by atoms with E-state index in [9.17, 15) is 23.1 Å². The highest BCUT2D eigenvalue weighted by molar-refractivity contribution is 9.10. The summed E-state index contributed by atoms with van der Waals surface area (Å²) >= 11 is 3.32. The minimum atomic E-state index is -4.53. The molecule has 0 saturated heterocycles. The zero-order chi connectivity index (χ0) is 21.3. The number of ether oxygens (including phenoxy) is 1. The summed E-state index contributed by atoms with van der Waals surface area (Å²) in [6.45, 7) is 3.70. The molecule has 0 spiro atoms. The standard InChI is InChI=1S/C20H16BrF3N2O3/c1-3-29-18-8-12(16(21)10-17(18)27)7-15-11(2)25-26(19(15)28)14-6-4-5-13(9-14)20(22,23)24/h4-10,27H,3H2,1-2H3/b15-7+. The fourth-order valence-corrected chi connectivity index (χ4v) is 3.21. The number of hydrogen-bond acceptors (Lipinski definition) is 4. The molecule has 152 valence electrons. The molecule has 5 nitrogen and oxygen atoms in total. The lowest BCUT2D eigenvalue weighted by molar-refractivity contribution is -0.137. The SMILES string of the molecule is CCOc1cc(/C=C2/C(=O)N(c3cccc(C(F)(F)F)c3)N=C2C)c(Br)cc1O. The lowest BCUT2D eigenvalue weighted by Gasteiger charge is -2.14. The van der Waals surface area contributed by atoms with Crippen LogP contribution >= 0.6 is 15.9 Å². The molecule has 1 aliphatic heterocycles. The first-order valence-electron chi connectivity index (χ1n) is 8.56. The molecule has 2 aromatic rings. The van der Waals surface area contributed by atoms with Crippen molar-refractivity contribution in [2.45, 2.75) is 20.0 Å². The van der Waals surface area contributed by atoms with Crippen molar-refractivity contribution >= 4 is 39.3 Å². The molecule has 0 atom stereocenters. The van der Waals surface area contributed by atoms with Crippen LogP contribution in [0.15, 0.2) is 51.5 Å². The Balaban J connectivity index is 1.98. The molecule has 2 aromatic carbocycles. The van der Waals surface area contributed by atoms with Crippen molar-refractivity contribution in [1.82, 2.24) is 0 Å². The highest BCUT2D eigenvalue weighted by Crippen LogP contribution is 2.36. The number of phenolic OH excluding ortho intramolecular Hbond substituents is 1. The zero-order valence-electron chi connectivity index (χ0n) is 15.4. The van der Waals surface area contributed by atoms with Gasteiger partial charge in [0.15, 0.2) is 11.5 Å². The van der Waals surface area contributed by atoms with Crippen molar-refractivity contribution in [3.8, 4) is 11.5 Å². The first kappa shape index (κ1) is 20.9. The van der Waals surface area contributed by atoms with Crippen LogP contribution in [0.4, 0.5) is 18.9 Å². The Morgan fingerprint density at radius 2 is 2.00 bits per heavy atom. The van der Waals surface area contributed by atoms with Gasteiger partial charge in [0.1, 0.15) is 0 Å². The maximum Gasteiger partial charge on any atom is 0.416 e. The third kappa shape index (κ3) is 4.29. The van der Waals surface area contributed by atoms with E-state index in [-0.39, 0.29) is 22.8 Å². The lowest BCUT2D eigenvalue weighted by atomic mass is 10.1. The second-order valence-corrected chi connectivity index (χ2v) is 7.04. The summed E-state index contributed by atoms with van der Waals surface area (Å²) in [5.41, 5.74) is 0.278. The molecule has 1 amide bonds. The number of benzene rings is 2. The number of nitrogens with zero attached hydrogens (tertiary/aromatic N) is 2. The van der Waals surface area contributed by atoms with Gasteiger partial charge in [0, 0.05) is 4.47 Å². The number of hydrogen-bond donors (Lipinski definition) is 1. The van der Waals surface area contributed by atoms with Gasteiger partial charge in [-0.3, -0.25) is 4.79 Å². The van der Waals surface area contributed by atoms with Crippen molar-refractivity contribution in [2.75, 3.05) is 11.6 Å². The predicted molar refractivity (Wildman–Crippen MR) is 107 cm³/mol. The van der Waals surface area contributed by atoms with Crippen LogP contribution in [0, 0.1) is 0 Å².